The number of Topliss-reactive ketones (excluding diaryl/α,β-unsaturated/α-hetero) is 5. The van der Waals surface area contributed by atoms with Gasteiger partial charge in [-0.3, -0.25) is 38.2 Å². The van der Waals surface area contributed by atoms with E-state index in [9.17, 15) is 55.2 Å². The van der Waals surface area contributed by atoms with Gasteiger partial charge in [-0.1, -0.05) is 51.5 Å². The van der Waals surface area contributed by atoms with Crippen molar-refractivity contribution in [1.29, 1.82) is 0 Å². The molecule has 18 nitrogen and oxygen atoms in total. The highest BCUT2D eigenvalue weighted by Gasteiger charge is 2.17. The molecule has 0 aliphatic rings. The Bertz CT molecular complexity index is 1690. The van der Waals surface area contributed by atoms with Crippen molar-refractivity contribution in [3.63, 3.8) is 0 Å². The van der Waals surface area contributed by atoms with Crippen LogP contribution in [0.15, 0.2) is 24.3 Å². The van der Waals surface area contributed by atoms with E-state index >= 15 is 0 Å². The molecule has 1 rings (SSSR count). The fourth-order valence-corrected chi connectivity index (χ4v) is 6.37. The van der Waals surface area contributed by atoms with Crippen LogP contribution in [0.2, 0.25) is 0 Å². The van der Waals surface area contributed by atoms with Gasteiger partial charge >= 0.3 is 17.9 Å². The molecule has 0 saturated carbocycles. The molecule has 0 heterocycles. The van der Waals surface area contributed by atoms with Crippen LogP contribution in [0.1, 0.15) is 116 Å². The van der Waals surface area contributed by atoms with E-state index in [1.165, 1.54) is 39.5 Å². The summed E-state index contributed by atoms with van der Waals surface area (Å²) >= 11 is 0. The van der Waals surface area contributed by atoms with Gasteiger partial charge in [0.05, 0.1) is 36.9 Å². The Hall–Kier alpha value is -4.24. The van der Waals surface area contributed by atoms with Crippen LogP contribution < -0.4 is 0 Å². The number of nitrogens with zero attached hydrogens (tertiary/aromatic N) is 2. The Morgan fingerprint density at radius 1 is 0.650 bits per heavy atom. The SMILES string of the molecule is CC(=O)CN(C)CC(=O)O.CC(=O)c1ccc(CN(C)CCC(=O)O)cc1.CCC(CC(C)=O)CS(=O)(=O)O.CCC(CCC(C)=O)C(=O)O.CCS(=O)(=O)CCC(C)=O. The molecule has 0 aromatic heterocycles. The van der Waals surface area contributed by atoms with Crippen molar-refractivity contribution in [3.8, 4) is 0 Å². The number of benzene rings is 1. The fourth-order valence-electron chi connectivity index (χ4n) is 4.54. The van der Waals surface area contributed by atoms with Gasteiger partial charge in [0, 0.05) is 43.7 Å². The Labute approximate surface area is 355 Å². The quantitative estimate of drug-likeness (QED) is 0.0837. The average molecular weight is 897 g/mol. The van der Waals surface area contributed by atoms with Crippen molar-refractivity contribution in [2.75, 3.05) is 51.0 Å². The van der Waals surface area contributed by atoms with Gasteiger partial charge in [-0.05, 0) is 73.0 Å². The van der Waals surface area contributed by atoms with Crippen LogP contribution in [0.5, 0.6) is 0 Å². The topological polar surface area (TPSA) is 292 Å². The molecule has 0 saturated heterocycles. The van der Waals surface area contributed by atoms with Gasteiger partial charge in [-0.15, -0.1) is 0 Å². The van der Waals surface area contributed by atoms with Crippen molar-refractivity contribution in [3.05, 3.63) is 35.4 Å². The van der Waals surface area contributed by atoms with Crippen molar-refractivity contribution in [2.24, 2.45) is 11.8 Å². The summed E-state index contributed by atoms with van der Waals surface area (Å²) in [4.78, 5) is 87.2. The normalized spacial score (nSPS) is 11.7. The van der Waals surface area contributed by atoms with E-state index in [2.05, 4.69) is 0 Å². The van der Waals surface area contributed by atoms with E-state index in [4.69, 9.17) is 19.9 Å². The van der Waals surface area contributed by atoms with E-state index in [0.29, 0.717) is 44.3 Å². The molecular weight excluding hydrogens is 829 g/mol. The maximum atomic E-state index is 11.1. The minimum absolute atomic E-state index is 0.00116. The van der Waals surface area contributed by atoms with Crippen LogP contribution in [0.3, 0.4) is 0 Å². The van der Waals surface area contributed by atoms with Crippen LogP contribution in [-0.4, -0.2) is 144 Å². The number of carboxylic acids is 3. The van der Waals surface area contributed by atoms with Crippen molar-refractivity contribution in [1.82, 2.24) is 9.80 Å². The number of hydrogen-bond donors (Lipinski definition) is 4. The largest absolute Gasteiger partial charge is 0.481 e. The van der Waals surface area contributed by atoms with Crippen LogP contribution in [0.4, 0.5) is 0 Å². The molecule has 0 bridgehead atoms. The van der Waals surface area contributed by atoms with Gasteiger partial charge in [0.2, 0.25) is 0 Å². The molecule has 0 aliphatic heterocycles. The minimum Gasteiger partial charge on any atom is -0.481 e. The van der Waals surface area contributed by atoms with Gasteiger partial charge in [0.1, 0.15) is 33.0 Å². The van der Waals surface area contributed by atoms with E-state index in [-0.39, 0.29) is 90.4 Å². The molecule has 0 aliphatic carbocycles. The Kier molecular flexibility index (Phi) is 35.9. The van der Waals surface area contributed by atoms with Gasteiger partial charge in [-0.25, -0.2) is 8.42 Å². The summed E-state index contributed by atoms with van der Waals surface area (Å²) in [6.07, 6.45) is 2.54. The zero-order valence-electron chi connectivity index (χ0n) is 36.8. The fraction of sp³-hybridized carbons (Fsp3) is 0.650. The third kappa shape index (κ3) is 44.9. The number of rotatable bonds is 24. The zero-order valence-corrected chi connectivity index (χ0v) is 38.4. The highest BCUT2D eigenvalue weighted by molar-refractivity contribution is 7.91. The monoisotopic (exact) mass is 896 g/mol. The highest BCUT2D eigenvalue weighted by Crippen LogP contribution is 2.12. The van der Waals surface area contributed by atoms with Gasteiger partial charge < -0.3 is 29.8 Å². The lowest BCUT2D eigenvalue weighted by Crippen LogP contribution is -2.29. The van der Waals surface area contributed by atoms with Crippen molar-refractivity contribution < 1.29 is 75.1 Å². The molecule has 2 atom stereocenters. The summed E-state index contributed by atoms with van der Waals surface area (Å²) in [5.74, 6) is -3.33. The van der Waals surface area contributed by atoms with Crippen LogP contribution in [0, 0.1) is 11.8 Å². The number of carbonyl (C=O) groups is 8. The highest BCUT2D eigenvalue weighted by atomic mass is 32.2. The smallest absolute Gasteiger partial charge is 0.317 e. The first kappa shape index (κ1) is 62.4. The number of ketones is 5. The first-order valence-electron chi connectivity index (χ1n) is 19.2. The maximum Gasteiger partial charge on any atom is 0.317 e. The molecule has 0 amide bonds. The molecule has 60 heavy (non-hydrogen) atoms. The summed E-state index contributed by atoms with van der Waals surface area (Å²) in [7, 11) is -3.40. The molecule has 0 radical (unpaired) electrons. The first-order valence-corrected chi connectivity index (χ1v) is 22.6. The predicted molar refractivity (Wildman–Crippen MR) is 227 cm³/mol. The maximum absolute atomic E-state index is 11.1. The standard InChI is InChI=1S/C13H17NO3.C8H14O3.C7H14O4S.C6H11NO3.C6H12O3S/c1-10(15)12-5-3-11(4-6-12)9-14(2)8-7-13(16)17;1-3-7(8(10)11)5-4-6(2)9;1-3-7(4-6(2)8)5-12(9,10)11;1-5(8)3-7(2)4-6(9)10;1-3-10(8,9)5-4-6(2)7/h3-6H,7-9H2,1-2H3,(H,16,17);7H,3-5H2,1-2H3,(H,10,11);7H,3-5H2,1-2H3,(H,9,10,11);3-4H2,1-2H3,(H,9,10);3-5H2,1-2H3. The molecule has 0 spiro atoms. The molecule has 0 fully saturated rings. The lowest BCUT2D eigenvalue weighted by molar-refractivity contribution is -0.142. The number of hydrogen-bond acceptors (Lipinski definition) is 14. The second kappa shape index (κ2) is 34.5. The van der Waals surface area contributed by atoms with Crippen LogP contribution in [-0.2, 0) is 60.1 Å². The first-order chi connectivity index (χ1) is 27.4. The summed E-state index contributed by atoms with van der Waals surface area (Å²) in [6.45, 7) is 13.8. The van der Waals surface area contributed by atoms with Crippen LogP contribution in [0.25, 0.3) is 0 Å². The number of likely N-dealkylation sites (N-methyl/N-ethyl adjacent to an activating group) is 1. The summed E-state index contributed by atoms with van der Waals surface area (Å²) in [5, 5.41) is 25.4. The van der Waals surface area contributed by atoms with Crippen molar-refractivity contribution in [2.45, 2.75) is 107 Å². The summed E-state index contributed by atoms with van der Waals surface area (Å²) in [6, 6.07) is 7.38. The molecule has 2 unspecified atom stereocenters. The molecule has 1 aromatic rings. The lowest BCUT2D eigenvalue weighted by atomic mass is 10.00. The second-order valence-corrected chi connectivity index (χ2v) is 18.2. The van der Waals surface area contributed by atoms with Crippen molar-refractivity contribution >= 4 is 66.8 Å². The molecule has 1 aromatic carbocycles. The minimum atomic E-state index is -3.93. The van der Waals surface area contributed by atoms with Gasteiger partial charge in [0.25, 0.3) is 10.1 Å². The number of carbonyl (C=O) groups excluding carboxylic acids is 5. The predicted octanol–water partition coefficient (Wildman–Crippen LogP) is 4.13. The van der Waals surface area contributed by atoms with Gasteiger partial charge in [-0.2, -0.15) is 8.42 Å². The number of carboxylic acid groups (broad SMARTS) is 3. The lowest BCUT2D eigenvalue weighted by Gasteiger charge is -2.15. The Morgan fingerprint density at radius 3 is 1.50 bits per heavy atom. The third-order valence-electron chi connectivity index (χ3n) is 7.91. The van der Waals surface area contributed by atoms with E-state index in [1.54, 1.807) is 33.0 Å². The number of aliphatic carboxylic acids is 3. The third-order valence-corrected chi connectivity index (χ3v) is 10.5. The van der Waals surface area contributed by atoms with Gasteiger partial charge in [0.15, 0.2) is 5.78 Å². The molecule has 4 N–H and O–H groups in total. The average Bonchev–Trinajstić information content (AvgIpc) is 3.09. The molecular formula is C40H68N2O16S2. The van der Waals surface area contributed by atoms with E-state index < -0.39 is 37.9 Å². The van der Waals surface area contributed by atoms with Crippen LogP contribution >= 0.6 is 0 Å². The summed E-state index contributed by atoms with van der Waals surface area (Å²) < 4.78 is 50.8. The second-order valence-electron chi connectivity index (χ2n) is 14.2. The summed E-state index contributed by atoms with van der Waals surface area (Å²) in [5.41, 5.74) is 1.77. The van der Waals surface area contributed by atoms with E-state index in [1.807, 2.05) is 31.0 Å². The zero-order chi connectivity index (χ0) is 47.8. The van der Waals surface area contributed by atoms with E-state index in [0.717, 1.165) is 5.56 Å². The molecule has 346 valence electrons. The Balaban J connectivity index is -0.000000333. The molecule has 20 heteroatoms. The Morgan fingerprint density at radius 2 is 1.17 bits per heavy atom. The number of sulfone groups is 1.